The lowest BCUT2D eigenvalue weighted by Crippen LogP contribution is -2.42. The smallest absolute Gasteiger partial charge is 0.240 e. The van der Waals surface area contributed by atoms with Crippen LogP contribution in [0.3, 0.4) is 0 Å². The molecule has 0 aromatic heterocycles. The van der Waals surface area contributed by atoms with Crippen LogP contribution in [0.5, 0.6) is 0 Å². The van der Waals surface area contributed by atoms with E-state index >= 15 is 0 Å². The van der Waals surface area contributed by atoms with Crippen molar-refractivity contribution in [2.45, 2.75) is 55.9 Å². The van der Waals surface area contributed by atoms with Crippen molar-refractivity contribution in [1.82, 2.24) is 4.72 Å². The van der Waals surface area contributed by atoms with Crippen molar-refractivity contribution in [3.05, 3.63) is 28.8 Å². The first kappa shape index (κ1) is 16.7. The maximum absolute atomic E-state index is 12.4. The van der Waals surface area contributed by atoms with Gasteiger partial charge in [0, 0.05) is 11.6 Å². The molecule has 1 aliphatic carbocycles. The lowest BCUT2D eigenvalue weighted by Gasteiger charge is -2.26. The summed E-state index contributed by atoms with van der Waals surface area (Å²) in [5, 5.41) is 11.0. The second-order valence-electron chi connectivity index (χ2n) is 5.87. The molecule has 2 rings (SSSR count). The largest absolute Gasteiger partial charge is 0.389 e. The maximum atomic E-state index is 12.4. The Kier molecular flexibility index (Phi) is 5.30. The van der Waals surface area contributed by atoms with E-state index in [1.54, 1.807) is 19.1 Å². The summed E-state index contributed by atoms with van der Waals surface area (Å²) in [6.45, 7) is 1.78. The molecule has 1 aromatic rings. The zero-order valence-corrected chi connectivity index (χ0v) is 13.8. The topological polar surface area (TPSA) is 66.4 Å². The van der Waals surface area contributed by atoms with Crippen molar-refractivity contribution in [3.8, 4) is 0 Å². The Morgan fingerprint density at radius 2 is 1.86 bits per heavy atom. The minimum absolute atomic E-state index is 0.0669. The lowest BCUT2D eigenvalue weighted by atomic mass is 9.95. The molecule has 1 fully saturated rings. The fraction of sp³-hybridized carbons (Fsp3) is 0.600. The Labute approximate surface area is 131 Å². The van der Waals surface area contributed by atoms with Crippen molar-refractivity contribution >= 4 is 21.6 Å². The van der Waals surface area contributed by atoms with Crippen molar-refractivity contribution in [1.29, 1.82) is 0 Å². The monoisotopic (exact) mass is 331 g/mol. The lowest BCUT2D eigenvalue weighted by molar-refractivity contribution is 0.0303. The highest BCUT2D eigenvalue weighted by Gasteiger charge is 2.30. The zero-order chi connectivity index (χ0) is 15.5. The van der Waals surface area contributed by atoms with Crippen LogP contribution in [0.25, 0.3) is 0 Å². The summed E-state index contributed by atoms with van der Waals surface area (Å²) in [6, 6.07) is 4.68. The number of hydrogen-bond acceptors (Lipinski definition) is 3. The van der Waals surface area contributed by atoms with E-state index in [4.69, 9.17) is 11.6 Å². The molecule has 0 bridgehead atoms. The van der Waals surface area contributed by atoms with Gasteiger partial charge in [0.2, 0.25) is 10.0 Å². The quantitative estimate of drug-likeness (QED) is 0.833. The molecule has 0 amide bonds. The predicted molar refractivity (Wildman–Crippen MR) is 84.0 cm³/mol. The van der Waals surface area contributed by atoms with Gasteiger partial charge < -0.3 is 5.11 Å². The predicted octanol–water partition coefficient (Wildman–Crippen LogP) is 3.01. The van der Waals surface area contributed by atoms with Gasteiger partial charge in [-0.25, -0.2) is 13.1 Å². The first-order chi connectivity index (χ1) is 9.82. The summed E-state index contributed by atoms with van der Waals surface area (Å²) in [7, 11) is -3.63. The van der Waals surface area contributed by atoms with Crippen molar-refractivity contribution in [3.63, 3.8) is 0 Å². The SMILES string of the molecule is Cc1cc(Cl)ccc1S(=O)(=O)NCC1(O)CCCCCC1. The van der Waals surface area contributed by atoms with E-state index in [9.17, 15) is 13.5 Å². The van der Waals surface area contributed by atoms with Crippen molar-refractivity contribution < 1.29 is 13.5 Å². The van der Waals surface area contributed by atoms with Gasteiger partial charge in [-0.05, 0) is 43.5 Å². The summed E-state index contributed by atoms with van der Waals surface area (Å²) in [5.74, 6) is 0. The molecule has 0 heterocycles. The molecule has 6 heteroatoms. The molecule has 1 aromatic carbocycles. The van der Waals surface area contributed by atoms with Crippen LogP contribution in [0, 0.1) is 6.92 Å². The molecule has 1 saturated carbocycles. The van der Waals surface area contributed by atoms with Gasteiger partial charge in [-0.3, -0.25) is 0 Å². The van der Waals surface area contributed by atoms with Crippen molar-refractivity contribution in [2.75, 3.05) is 6.54 Å². The van der Waals surface area contributed by atoms with Gasteiger partial charge in [0.1, 0.15) is 0 Å². The molecule has 0 unspecified atom stereocenters. The van der Waals surface area contributed by atoms with Crippen LogP contribution in [0.15, 0.2) is 23.1 Å². The number of aryl methyl sites for hydroxylation is 1. The third kappa shape index (κ3) is 4.42. The highest BCUT2D eigenvalue weighted by molar-refractivity contribution is 7.89. The van der Waals surface area contributed by atoms with Gasteiger partial charge in [0.25, 0.3) is 0 Å². The summed E-state index contributed by atoms with van der Waals surface area (Å²) >= 11 is 5.85. The number of benzene rings is 1. The molecule has 4 nitrogen and oxygen atoms in total. The summed E-state index contributed by atoms with van der Waals surface area (Å²) in [4.78, 5) is 0.212. The average molecular weight is 332 g/mol. The number of rotatable bonds is 4. The molecule has 2 N–H and O–H groups in total. The number of aliphatic hydroxyl groups is 1. The highest BCUT2D eigenvalue weighted by atomic mass is 35.5. The molecule has 0 aliphatic heterocycles. The average Bonchev–Trinajstić information content (AvgIpc) is 2.62. The Morgan fingerprint density at radius 3 is 2.43 bits per heavy atom. The second-order valence-corrected chi connectivity index (χ2v) is 8.04. The normalized spacial score (nSPS) is 19.2. The molecule has 1 aliphatic rings. The van der Waals surface area contributed by atoms with E-state index < -0.39 is 15.6 Å². The molecule has 118 valence electrons. The van der Waals surface area contributed by atoms with Gasteiger partial charge in [0.05, 0.1) is 10.5 Å². The van der Waals surface area contributed by atoms with Crippen LogP contribution in [-0.4, -0.2) is 25.7 Å². The number of halogens is 1. The van der Waals surface area contributed by atoms with Crippen LogP contribution in [0.2, 0.25) is 5.02 Å². The van der Waals surface area contributed by atoms with Gasteiger partial charge in [-0.2, -0.15) is 0 Å². The van der Waals surface area contributed by atoms with E-state index in [1.807, 2.05) is 0 Å². The van der Waals surface area contributed by atoms with Crippen LogP contribution in [0.4, 0.5) is 0 Å². The molecular weight excluding hydrogens is 310 g/mol. The summed E-state index contributed by atoms with van der Waals surface area (Å²) < 4.78 is 27.3. The van der Waals surface area contributed by atoms with E-state index in [2.05, 4.69) is 4.72 Å². The van der Waals surface area contributed by atoms with Gasteiger partial charge in [0.15, 0.2) is 0 Å². The number of nitrogens with one attached hydrogen (secondary N) is 1. The van der Waals surface area contributed by atoms with E-state index in [1.165, 1.54) is 6.07 Å². The Hall–Kier alpha value is -0.620. The van der Waals surface area contributed by atoms with E-state index in [-0.39, 0.29) is 11.4 Å². The summed E-state index contributed by atoms with van der Waals surface area (Å²) in [5.41, 5.74) is -0.327. The van der Waals surface area contributed by atoms with E-state index in [0.29, 0.717) is 23.4 Å². The minimum Gasteiger partial charge on any atom is -0.389 e. The summed E-state index contributed by atoms with van der Waals surface area (Å²) in [6.07, 6.45) is 5.39. The molecule has 0 radical (unpaired) electrons. The Balaban J connectivity index is 2.10. The molecule has 0 atom stereocenters. The molecule has 0 spiro atoms. The fourth-order valence-electron chi connectivity index (χ4n) is 2.78. The van der Waals surface area contributed by atoms with Crippen LogP contribution < -0.4 is 4.72 Å². The standard InChI is InChI=1S/C15H22ClNO3S/c1-12-10-13(16)6-7-14(12)21(19,20)17-11-15(18)8-4-2-3-5-9-15/h6-7,10,17-18H,2-5,8-9,11H2,1H3. The Morgan fingerprint density at radius 1 is 1.24 bits per heavy atom. The van der Waals surface area contributed by atoms with Gasteiger partial charge in [-0.15, -0.1) is 0 Å². The zero-order valence-electron chi connectivity index (χ0n) is 12.2. The first-order valence-corrected chi connectivity index (χ1v) is 9.17. The van der Waals surface area contributed by atoms with Gasteiger partial charge >= 0.3 is 0 Å². The number of sulfonamides is 1. The van der Waals surface area contributed by atoms with Crippen LogP contribution >= 0.6 is 11.6 Å². The third-order valence-corrected chi connectivity index (χ3v) is 5.85. The molecule has 0 saturated heterocycles. The fourth-order valence-corrected chi connectivity index (χ4v) is 4.36. The van der Waals surface area contributed by atoms with Gasteiger partial charge in [-0.1, -0.05) is 37.3 Å². The third-order valence-electron chi connectivity index (χ3n) is 4.05. The van der Waals surface area contributed by atoms with E-state index in [0.717, 1.165) is 25.7 Å². The number of hydrogen-bond donors (Lipinski definition) is 2. The molecular formula is C15H22ClNO3S. The second kappa shape index (κ2) is 6.65. The van der Waals surface area contributed by atoms with Crippen LogP contribution in [-0.2, 0) is 10.0 Å². The van der Waals surface area contributed by atoms with Crippen LogP contribution in [0.1, 0.15) is 44.1 Å². The minimum atomic E-state index is -3.63. The highest BCUT2D eigenvalue weighted by Crippen LogP contribution is 2.27. The Bertz CT molecular complexity index is 593. The van der Waals surface area contributed by atoms with Crippen molar-refractivity contribution in [2.24, 2.45) is 0 Å². The maximum Gasteiger partial charge on any atom is 0.240 e. The first-order valence-electron chi connectivity index (χ1n) is 7.31. The molecule has 21 heavy (non-hydrogen) atoms.